The van der Waals surface area contributed by atoms with E-state index in [-0.39, 0.29) is 5.91 Å². The van der Waals surface area contributed by atoms with E-state index in [1.165, 1.54) is 6.08 Å². The number of rotatable bonds is 6. The van der Waals surface area contributed by atoms with Crippen molar-refractivity contribution >= 4 is 12.0 Å². The van der Waals surface area contributed by atoms with Gasteiger partial charge in [0.05, 0.1) is 14.2 Å². The number of methoxy groups -OCH3 is 2. The number of hydrogen-bond acceptors (Lipinski definition) is 5. The van der Waals surface area contributed by atoms with E-state index in [1.807, 2.05) is 30.3 Å². The van der Waals surface area contributed by atoms with E-state index in [1.54, 1.807) is 26.4 Å². The van der Waals surface area contributed by atoms with Crippen LogP contribution in [0.4, 0.5) is 0 Å². The van der Waals surface area contributed by atoms with Crippen molar-refractivity contribution in [2.45, 2.75) is 6.54 Å². The first-order chi connectivity index (χ1) is 12.7. The van der Waals surface area contributed by atoms with Gasteiger partial charge in [0.25, 0.3) is 0 Å². The van der Waals surface area contributed by atoms with Crippen molar-refractivity contribution in [2.75, 3.05) is 27.4 Å². The van der Waals surface area contributed by atoms with Gasteiger partial charge in [-0.3, -0.25) is 4.79 Å². The monoisotopic (exact) mass is 355 g/mol. The SMILES string of the molecule is COc1ccc(/C=C/C(=O)NCc2ccc3c(c2)OCCO3)c(OC)c1. The van der Waals surface area contributed by atoms with Crippen LogP contribution in [0, 0.1) is 0 Å². The van der Waals surface area contributed by atoms with Gasteiger partial charge in [-0.05, 0) is 35.9 Å². The molecule has 0 saturated carbocycles. The summed E-state index contributed by atoms with van der Waals surface area (Å²) in [6.07, 6.45) is 3.18. The number of carbonyl (C=O) groups excluding carboxylic acids is 1. The predicted molar refractivity (Wildman–Crippen MR) is 97.9 cm³/mol. The summed E-state index contributed by atoms with van der Waals surface area (Å²) in [7, 11) is 3.17. The van der Waals surface area contributed by atoms with Crippen LogP contribution < -0.4 is 24.3 Å². The van der Waals surface area contributed by atoms with E-state index in [9.17, 15) is 4.79 Å². The first kappa shape index (κ1) is 17.7. The van der Waals surface area contributed by atoms with Crippen molar-refractivity contribution in [3.05, 3.63) is 53.6 Å². The largest absolute Gasteiger partial charge is 0.497 e. The van der Waals surface area contributed by atoms with Gasteiger partial charge in [-0.2, -0.15) is 0 Å². The first-order valence-electron chi connectivity index (χ1n) is 8.26. The van der Waals surface area contributed by atoms with Crippen LogP contribution in [0.15, 0.2) is 42.5 Å². The number of benzene rings is 2. The zero-order chi connectivity index (χ0) is 18.4. The maximum absolute atomic E-state index is 12.1. The van der Waals surface area contributed by atoms with E-state index in [2.05, 4.69) is 5.32 Å². The molecule has 1 aliphatic heterocycles. The fraction of sp³-hybridized carbons (Fsp3) is 0.250. The average molecular weight is 355 g/mol. The van der Waals surface area contributed by atoms with Crippen LogP contribution in [-0.4, -0.2) is 33.3 Å². The van der Waals surface area contributed by atoms with Gasteiger partial charge >= 0.3 is 0 Å². The highest BCUT2D eigenvalue weighted by Gasteiger charge is 2.11. The topological polar surface area (TPSA) is 66.0 Å². The zero-order valence-electron chi connectivity index (χ0n) is 14.8. The molecular formula is C20H21NO5. The van der Waals surface area contributed by atoms with E-state index in [0.717, 1.165) is 16.9 Å². The van der Waals surface area contributed by atoms with Gasteiger partial charge in [0.2, 0.25) is 5.91 Å². The summed E-state index contributed by atoms with van der Waals surface area (Å²) < 4.78 is 21.5. The summed E-state index contributed by atoms with van der Waals surface area (Å²) >= 11 is 0. The van der Waals surface area contributed by atoms with Crippen LogP contribution >= 0.6 is 0 Å². The molecule has 0 fully saturated rings. The molecule has 0 aliphatic carbocycles. The molecule has 0 aromatic heterocycles. The molecule has 0 atom stereocenters. The van der Waals surface area contributed by atoms with E-state index in [4.69, 9.17) is 18.9 Å². The molecular weight excluding hydrogens is 334 g/mol. The van der Waals surface area contributed by atoms with E-state index >= 15 is 0 Å². The van der Waals surface area contributed by atoms with Crippen molar-refractivity contribution in [3.8, 4) is 23.0 Å². The van der Waals surface area contributed by atoms with Crippen LogP contribution in [0.25, 0.3) is 6.08 Å². The zero-order valence-corrected chi connectivity index (χ0v) is 14.8. The van der Waals surface area contributed by atoms with Crippen LogP contribution in [0.2, 0.25) is 0 Å². The molecule has 1 aliphatic rings. The smallest absolute Gasteiger partial charge is 0.244 e. The Hall–Kier alpha value is -3.15. The second-order valence-corrected chi connectivity index (χ2v) is 5.64. The Morgan fingerprint density at radius 1 is 1.08 bits per heavy atom. The molecule has 2 aromatic carbocycles. The molecule has 0 spiro atoms. The second-order valence-electron chi connectivity index (χ2n) is 5.64. The second kappa shape index (κ2) is 8.29. The molecule has 1 amide bonds. The van der Waals surface area contributed by atoms with Crippen LogP contribution in [-0.2, 0) is 11.3 Å². The summed E-state index contributed by atoms with van der Waals surface area (Å²) in [5, 5.41) is 2.85. The third kappa shape index (κ3) is 4.27. The normalized spacial score (nSPS) is 12.7. The minimum atomic E-state index is -0.197. The Morgan fingerprint density at radius 2 is 1.88 bits per heavy atom. The number of nitrogens with one attached hydrogen (secondary N) is 1. The van der Waals surface area contributed by atoms with Crippen molar-refractivity contribution in [1.29, 1.82) is 0 Å². The maximum Gasteiger partial charge on any atom is 0.244 e. The summed E-state index contributed by atoms with van der Waals surface area (Å²) in [5.74, 6) is 2.58. The lowest BCUT2D eigenvalue weighted by atomic mass is 10.1. The molecule has 6 nitrogen and oxygen atoms in total. The maximum atomic E-state index is 12.1. The highest BCUT2D eigenvalue weighted by Crippen LogP contribution is 2.30. The van der Waals surface area contributed by atoms with Gasteiger partial charge in [0, 0.05) is 24.3 Å². The van der Waals surface area contributed by atoms with Crippen LogP contribution in [0.3, 0.4) is 0 Å². The molecule has 6 heteroatoms. The highest BCUT2D eigenvalue weighted by molar-refractivity contribution is 5.92. The highest BCUT2D eigenvalue weighted by atomic mass is 16.6. The summed E-state index contributed by atoms with van der Waals surface area (Å²) in [4.78, 5) is 12.1. The molecule has 1 N–H and O–H groups in total. The van der Waals surface area contributed by atoms with Crippen LogP contribution in [0.1, 0.15) is 11.1 Å². The average Bonchev–Trinajstić information content (AvgIpc) is 2.70. The number of carbonyl (C=O) groups is 1. The third-order valence-electron chi connectivity index (χ3n) is 3.93. The summed E-state index contributed by atoms with van der Waals surface area (Å²) in [6, 6.07) is 11.1. The quantitative estimate of drug-likeness (QED) is 0.807. The van der Waals surface area contributed by atoms with E-state index < -0.39 is 0 Å². The van der Waals surface area contributed by atoms with Crippen LogP contribution in [0.5, 0.6) is 23.0 Å². The lowest BCUT2D eigenvalue weighted by molar-refractivity contribution is -0.116. The number of fused-ring (bicyclic) bond motifs is 1. The third-order valence-corrected chi connectivity index (χ3v) is 3.93. The molecule has 0 saturated heterocycles. The molecule has 0 bridgehead atoms. The van der Waals surface area contributed by atoms with Gasteiger partial charge in [-0.25, -0.2) is 0 Å². The standard InChI is InChI=1S/C20H21NO5/c1-23-16-6-4-15(18(12-16)24-2)5-8-20(22)21-13-14-3-7-17-19(11-14)26-10-9-25-17/h3-8,11-12H,9-10,13H2,1-2H3,(H,21,22)/b8-5+. The Labute approximate surface area is 152 Å². The Morgan fingerprint density at radius 3 is 2.65 bits per heavy atom. The molecule has 0 unspecified atom stereocenters. The molecule has 1 heterocycles. The Balaban J connectivity index is 1.60. The Bertz CT molecular complexity index is 816. The first-order valence-corrected chi connectivity index (χ1v) is 8.26. The van der Waals surface area contributed by atoms with Gasteiger partial charge in [-0.1, -0.05) is 6.07 Å². The Kier molecular flexibility index (Phi) is 5.63. The van der Waals surface area contributed by atoms with E-state index in [0.29, 0.717) is 37.0 Å². The minimum absolute atomic E-state index is 0.197. The van der Waals surface area contributed by atoms with Gasteiger partial charge < -0.3 is 24.3 Å². The summed E-state index contributed by atoms with van der Waals surface area (Å²) in [5.41, 5.74) is 1.74. The number of ether oxygens (including phenoxy) is 4. The predicted octanol–water partition coefficient (Wildman–Crippen LogP) is 2.80. The molecule has 26 heavy (non-hydrogen) atoms. The fourth-order valence-electron chi connectivity index (χ4n) is 2.57. The molecule has 136 valence electrons. The van der Waals surface area contributed by atoms with Gasteiger partial charge in [-0.15, -0.1) is 0 Å². The lowest BCUT2D eigenvalue weighted by Crippen LogP contribution is -2.21. The molecule has 0 radical (unpaired) electrons. The molecule has 3 rings (SSSR count). The van der Waals surface area contributed by atoms with Crippen molar-refractivity contribution in [1.82, 2.24) is 5.32 Å². The van der Waals surface area contributed by atoms with Gasteiger partial charge in [0.1, 0.15) is 24.7 Å². The number of amides is 1. The molecule has 2 aromatic rings. The van der Waals surface area contributed by atoms with Crippen molar-refractivity contribution in [3.63, 3.8) is 0 Å². The van der Waals surface area contributed by atoms with Crippen molar-refractivity contribution in [2.24, 2.45) is 0 Å². The lowest BCUT2D eigenvalue weighted by Gasteiger charge is -2.18. The fourth-order valence-corrected chi connectivity index (χ4v) is 2.57. The number of hydrogen-bond donors (Lipinski definition) is 1. The summed E-state index contributed by atoms with van der Waals surface area (Å²) in [6.45, 7) is 1.50. The van der Waals surface area contributed by atoms with Gasteiger partial charge in [0.15, 0.2) is 11.5 Å². The van der Waals surface area contributed by atoms with Crippen molar-refractivity contribution < 1.29 is 23.7 Å². The minimum Gasteiger partial charge on any atom is -0.497 e.